The summed E-state index contributed by atoms with van der Waals surface area (Å²) in [6, 6.07) is 0. The molecule has 0 aromatic heterocycles. The first-order chi connectivity index (χ1) is 12.2. The van der Waals surface area contributed by atoms with Crippen molar-refractivity contribution in [2.24, 2.45) is 28.6 Å². The Morgan fingerprint density at radius 3 is 2.88 bits per heavy atom. The number of fused-ring (bicyclic) bond motifs is 1. The van der Waals surface area contributed by atoms with Crippen LogP contribution < -0.4 is 5.48 Å². The number of ether oxygens (including phenoxy) is 1. The van der Waals surface area contributed by atoms with Gasteiger partial charge in [0.25, 0.3) is 0 Å². The molecule has 1 heterocycles. The highest BCUT2D eigenvalue weighted by Crippen LogP contribution is 2.77. The van der Waals surface area contributed by atoms with E-state index in [1.165, 1.54) is 0 Å². The molecule has 5 aliphatic rings. The van der Waals surface area contributed by atoms with E-state index in [9.17, 15) is 25.0 Å². The van der Waals surface area contributed by atoms with E-state index in [-0.39, 0.29) is 5.92 Å². The average molecular weight is 361 g/mol. The molecule has 0 aromatic carbocycles. The smallest absolute Gasteiger partial charge is 0.316 e. The Hall–Kier alpha value is -1.70. The molecule has 1 amide bonds. The Bertz CT molecular complexity index is 793. The topological polar surface area (TPSA) is 116 Å². The number of hydroxylamine groups is 1. The van der Waals surface area contributed by atoms with Gasteiger partial charge in [-0.15, -0.1) is 0 Å². The lowest BCUT2D eigenvalue weighted by Crippen LogP contribution is -2.52. The van der Waals surface area contributed by atoms with Crippen molar-refractivity contribution in [3.8, 4) is 0 Å². The van der Waals surface area contributed by atoms with E-state index < -0.39 is 51.8 Å². The zero-order valence-corrected chi connectivity index (χ0v) is 14.6. The maximum Gasteiger partial charge on any atom is 0.316 e. The third kappa shape index (κ3) is 1.42. The lowest BCUT2D eigenvalue weighted by molar-refractivity contribution is -0.161. The summed E-state index contributed by atoms with van der Waals surface area (Å²) in [5.41, 5.74) is -1.47. The van der Waals surface area contributed by atoms with Crippen molar-refractivity contribution < 1.29 is 29.7 Å². The van der Waals surface area contributed by atoms with Gasteiger partial charge in [-0.25, -0.2) is 5.48 Å². The number of amides is 1. The van der Waals surface area contributed by atoms with Gasteiger partial charge in [0.2, 0.25) is 5.91 Å². The summed E-state index contributed by atoms with van der Waals surface area (Å²) in [6.07, 6.45) is 4.18. The Labute approximate surface area is 150 Å². The van der Waals surface area contributed by atoms with Gasteiger partial charge in [-0.2, -0.15) is 0 Å². The fourth-order valence-corrected chi connectivity index (χ4v) is 7.23. The van der Waals surface area contributed by atoms with Crippen molar-refractivity contribution in [3.63, 3.8) is 0 Å². The monoisotopic (exact) mass is 361 g/mol. The van der Waals surface area contributed by atoms with Crippen LogP contribution in [0.4, 0.5) is 0 Å². The van der Waals surface area contributed by atoms with E-state index in [1.54, 1.807) is 24.6 Å². The van der Waals surface area contributed by atoms with Crippen LogP contribution >= 0.6 is 0 Å². The van der Waals surface area contributed by atoms with Gasteiger partial charge in [-0.3, -0.25) is 14.8 Å². The highest BCUT2D eigenvalue weighted by molar-refractivity contribution is 5.88. The minimum absolute atomic E-state index is 0.170. The van der Waals surface area contributed by atoms with E-state index >= 15 is 0 Å². The maximum absolute atomic E-state index is 12.8. The predicted octanol–water partition coefficient (Wildman–Crippen LogP) is 0.448. The highest BCUT2D eigenvalue weighted by atomic mass is 16.6. The Morgan fingerprint density at radius 1 is 1.46 bits per heavy atom. The summed E-state index contributed by atoms with van der Waals surface area (Å²) in [7, 11) is 0. The molecule has 1 aliphatic heterocycles. The third-order valence-electron chi connectivity index (χ3n) is 8.25. The van der Waals surface area contributed by atoms with Crippen LogP contribution in [0.3, 0.4) is 0 Å². The summed E-state index contributed by atoms with van der Waals surface area (Å²) in [5, 5.41) is 31.0. The van der Waals surface area contributed by atoms with Gasteiger partial charge in [0, 0.05) is 11.8 Å². The highest BCUT2D eigenvalue weighted by Gasteiger charge is 2.83. The normalized spacial score (nSPS) is 56.2. The van der Waals surface area contributed by atoms with Gasteiger partial charge in [-0.05, 0) is 49.7 Å². The largest absolute Gasteiger partial charge is 0.454 e. The number of nitrogens with one attached hydrogen (secondary N) is 1. The quantitative estimate of drug-likeness (QED) is 0.233. The van der Waals surface area contributed by atoms with Crippen molar-refractivity contribution in [3.05, 3.63) is 24.3 Å². The second-order valence-electron chi connectivity index (χ2n) is 9.07. The van der Waals surface area contributed by atoms with Gasteiger partial charge in [0.05, 0.1) is 17.6 Å². The molecule has 7 heteroatoms. The number of rotatable bonds is 1. The van der Waals surface area contributed by atoms with Crippen LogP contribution in [0, 0.1) is 28.6 Å². The molecular formula is C19H23NO6. The van der Waals surface area contributed by atoms with Gasteiger partial charge < -0.3 is 14.9 Å². The molecule has 8 atom stereocenters. The molecule has 26 heavy (non-hydrogen) atoms. The molecule has 1 spiro atoms. The van der Waals surface area contributed by atoms with Gasteiger partial charge in [-0.1, -0.05) is 12.7 Å². The molecule has 1 unspecified atom stereocenters. The Morgan fingerprint density at radius 2 is 2.19 bits per heavy atom. The number of hydrogen-bond donors (Lipinski definition) is 4. The molecule has 5 rings (SSSR count). The third-order valence-corrected chi connectivity index (χ3v) is 8.25. The fraction of sp³-hybridized carbons (Fsp3) is 0.684. The second kappa shape index (κ2) is 4.40. The number of carbonyl (C=O) groups excluding carboxylic acids is 2. The number of aliphatic hydroxyl groups is 2. The minimum Gasteiger partial charge on any atom is -0.454 e. The SMILES string of the molecule is C=C1C[C@]23C[C@@]1(O)CC[C@H]2[C@@]12C=C[C@H](O)C(C)(C(=O)O1)[C@H]2[C@@H]3C(=O)NO. The van der Waals surface area contributed by atoms with Crippen LogP contribution in [0.25, 0.3) is 0 Å². The van der Waals surface area contributed by atoms with Gasteiger partial charge >= 0.3 is 5.97 Å². The van der Waals surface area contributed by atoms with E-state index in [2.05, 4.69) is 6.58 Å². The van der Waals surface area contributed by atoms with E-state index in [0.29, 0.717) is 31.3 Å². The van der Waals surface area contributed by atoms with Crippen LogP contribution in [0.5, 0.6) is 0 Å². The molecule has 140 valence electrons. The number of esters is 1. The lowest BCUT2D eigenvalue weighted by Gasteiger charge is -2.44. The molecular weight excluding hydrogens is 338 g/mol. The van der Waals surface area contributed by atoms with Crippen molar-refractivity contribution in [1.29, 1.82) is 0 Å². The Kier molecular flexibility index (Phi) is 2.79. The molecule has 1 saturated heterocycles. The van der Waals surface area contributed by atoms with E-state index in [0.717, 1.165) is 0 Å². The van der Waals surface area contributed by atoms with Crippen LogP contribution in [-0.2, 0) is 14.3 Å². The molecule has 4 bridgehead atoms. The minimum atomic E-state index is -1.26. The second-order valence-corrected chi connectivity index (χ2v) is 9.07. The summed E-state index contributed by atoms with van der Waals surface area (Å²) in [6.45, 7) is 5.68. The van der Waals surface area contributed by atoms with Crippen LogP contribution in [0.15, 0.2) is 24.3 Å². The van der Waals surface area contributed by atoms with Crippen molar-refractivity contribution in [2.75, 3.05) is 0 Å². The first kappa shape index (κ1) is 16.5. The van der Waals surface area contributed by atoms with E-state index in [1.807, 2.05) is 0 Å². The molecule has 3 saturated carbocycles. The standard InChI is InChI=1S/C19H23NO6/c1-9-7-17-8-18(9,24)5-3-10(17)19-6-4-11(21)16(2,15(23)26-19)13(19)12(17)14(22)20-25/h4,6,10-13,21,24-25H,1,3,5,7-8H2,2H3,(H,20,22)/t10-,11+,12-,13-,16?,17+,18+,19-/m1/s1. The average Bonchev–Trinajstić information content (AvgIpc) is 3.02. The molecule has 7 nitrogen and oxygen atoms in total. The van der Waals surface area contributed by atoms with Crippen LogP contribution in [0.2, 0.25) is 0 Å². The molecule has 4 fully saturated rings. The van der Waals surface area contributed by atoms with Gasteiger partial charge in [0.1, 0.15) is 11.0 Å². The summed E-state index contributed by atoms with van der Waals surface area (Å²) in [5.74, 6) is -2.64. The zero-order chi connectivity index (χ0) is 18.7. The Balaban J connectivity index is 1.78. The summed E-state index contributed by atoms with van der Waals surface area (Å²) < 4.78 is 5.92. The zero-order valence-electron chi connectivity index (χ0n) is 14.6. The number of hydrogen-bond acceptors (Lipinski definition) is 6. The van der Waals surface area contributed by atoms with Crippen molar-refractivity contribution >= 4 is 11.9 Å². The number of aliphatic hydroxyl groups excluding tert-OH is 1. The first-order valence-electron chi connectivity index (χ1n) is 9.11. The first-order valence-corrected chi connectivity index (χ1v) is 9.11. The predicted molar refractivity (Wildman–Crippen MR) is 87.5 cm³/mol. The van der Waals surface area contributed by atoms with Crippen LogP contribution in [-0.4, -0.2) is 44.6 Å². The molecule has 4 aliphatic carbocycles. The lowest BCUT2D eigenvalue weighted by atomic mass is 9.60. The molecule has 0 radical (unpaired) electrons. The summed E-state index contributed by atoms with van der Waals surface area (Å²) >= 11 is 0. The molecule has 0 aromatic rings. The van der Waals surface area contributed by atoms with Gasteiger partial charge in [0.15, 0.2) is 0 Å². The van der Waals surface area contributed by atoms with Crippen molar-refractivity contribution in [1.82, 2.24) is 5.48 Å². The summed E-state index contributed by atoms with van der Waals surface area (Å²) in [4.78, 5) is 25.6. The number of carbonyl (C=O) groups is 2. The van der Waals surface area contributed by atoms with E-state index in [4.69, 9.17) is 4.74 Å². The molecule has 4 N–H and O–H groups in total. The van der Waals surface area contributed by atoms with Crippen LogP contribution in [0.1, 0.15) is 32.6 Å². The fourth-order valence-electron chi connectivity index (χ4n) is 7.23. The van der Waals surface area contributed by atoms with Crippen molar-refractivity contribution in [2.45, 2.75) is 49.9 Å². The maximum atomic E-state index is 12.8.